The monoisotopic (exact) mass is 659 g/mol. The zero-order valence-corrected chi connectivity index (χ0v) is 27.8. The van der Waals surface area contributed by atoms with Crippen molar-refractivity contribution in [2.45, 2.75) is 77.4 Å². The van der Waals surface area contributed by atoms with Crippen LogP contribution in [-0.4, -0.2) is 61.8 Å². The topological polar surface area (TPSA) is 177 Å². The van der Waals surface area contributed by atoms with Gasteiger partial charge in [-0.05, 0) is 91.5 Å². The molecule has 4 aliphatic carbocycles. The largest absolute Gasteiger partial charge is 0.449 e. The lowest BCUT2D eigenvalue weighted by molar-refractivity contribution is -0.196. The molecule has 12 heteroatoms. The van der Waals surface area contributed by atoms with Crippen LogP contribution in [0.2, 0.25) is 0 Å². The maximum absolute atomic E-state index is 13.8. The molecule has 3 saturated carbocycles. The van der Waals surface area contributed by atoms with Gasteiger partial charge in [-0.3, -0.25) is 19.2 Å². The molecule has 7 atom stereocenters. The summed E-state index contributed by atoms with van der Waals surface area (Å²) < 4.78 is 7.90. The summed E-state index contributed by atoms with van der Waals surface area (Å²) in [6.45, 7) is 5.70. The molecule has 1 aromatic carbocycles. The van der Waals surface area contributed by atoms with Gasteiger partial charge in [-0.25, -0.2) is 4.68 Å². The highest BCUT2D eigenvalue weighted by Gasteiger charge is 2.70. The van der Waals surface area contributed by atoms with Crippen LogP contribution < -0.4 is 11.1 Å². The van der Waals surface area contributed by atoms with Crippen molar-refractivity contribution < 1.29 is 29.0 Å². The van der Waals surface area contributed by atoms with Crippen molar-refractivity contribution in [1.29, 1.82) is 5.26 Å². The van der Waals surface area contributed by atoms with Crippen LogP contribution in [0.15, 0.2) is 36.0 Å². The number of primary amides is 1. The third-order valence-corrected chi connectivity index (χ3v) is 12.4. The summed E-state index contributed by atoms with van der Waals surface area (Å²) in [5.74, 6) is -1.36. The predicted molar refractivity (Wildman–Crippen MR) is 175 cm³/mol. The fourth-order valence-corrected chi connectivity index (χ4v) is 10.3. The zero-order valence-electron chi connectivity index (χ0n) is 27.0. The molecule has 0 saturated heterocycles. The number of carbonyl (C=O) groups excluding carboxylic acids is 4. The molecule has 0 spiro atoms. The Hall–Kier alpha value is -3.95. The van der Waals surface area contributed by atoms with E-state index in [1.165, 1.54) is 5.57 Å². The number of rotatable bonds is 8. The van der Waals surface area contributed by atoms with E-state index in [0.29, 0.717) is 36.9 Å². The number of thioether (sulfide) groups is 1. The average Bonchev–Trinajstić information content (AvgIpc) is 3.58. The summed E-state index contributed by atoms with van der Waals surface area (Å²) in [5.41, 5.74) is 7.03. The van der Waals surface area contributed by atoms with Crippen LogP contribution >= 0.6 is 11.8 Å². The first-order chi connectivity index (χ1) is 22.4. The molecule has 0 aliphatic heterocycles. The Morgan fingerprint density at radius 1 is 1.26 bits per heavy atom. The minimum absolute atomic E-state index is 0.0192. The third kappa shape index (κ3) is 5.28. The highest BCUT2D eigenvalue weighted by Crippen LogP contribution is 2.68. The van der Waals surface area contributed by atoms with Crippen molar-refractivity contribution in [1.82, 2.24) is 15.1 Å². The van der Waals surface area contributed by atoms with E-state index in [0.717, 1.165) is 35.9 Å². The number of carbonyl (C=O) groups is 4. The number of nitrogens with two attached hydrogens (primary N) is 1. The quantitative estimate of drug-likeness (QED) is 0.357. The lowest BCUT2D eigenvalue weighted by atomic mass is 9.45. The maximum atomic E-state index is 13.8. The summed E-state index contributed by atoms with van der Waals surface area (Å²) in [5, 5.41) is 28.2. The third-order valence-electron chi connectivity index (χ3n) is 11.5. The number of nitrogens with one attached hydrogen (secondary N) is 1. The van der Waals surface area contributed by atoms with Gasteiger partial charge in [0, 0.05) is 17.4 Å². The van der Waals surface area contributed by atoms with Crippen LogP contribution in [0.4, 0.5) is 0 Å². The van der Waals surface area contributed by atoms with Gasteiger partial charge in [-0.15, -0.1) is 0 Å². The van der Waals surface area contributed by atoms with E-state index in [-0.39, 0.29) is 47.0 Å². The van der Waals surface area contributed by atoms with E-state index in [2.05, 4.69) is 18.3 Å². The van der Waals surface area contributed by atoms with Crippen LogP contribution in [0.5, 0.6) is 0 Å². The zero-order chi connectivity index (χ0) is 33.7. The molecule has 11 nitrogen and oxygen atoms in total. The normalized spacial score (nSPS) is 32.0. The van der Waals surface area contributed by atoms with Gasteiger partial charge in [-0.2, -0.15) is 10.4 Å². The number of aliphatic hydroxyl groups excluding tert-OH is 1. The SMILES string of the molecule is CCC(=O)O[C@]1(C(=O)SCC#N)CCC2[C@@H]3CCC4=Cc5c(cnn5-c5cccc(C(=O)NCC(N)=O)c5)C[C@]4(C)C3[C@@H](O)C[C@@]21C. The van der Waals surface area contributed by atoms with Gasteiger partial charge in [-0.1, -0.05) is 44.2 Å². The number of aliphatic hydroxyl groups is 1. The summed E-state index contributed by atoms with van der Waals surface area (Å²) >= 11 is 0.908. The Morgan fingerprint density at radius 3 is 2.77 bits per heavy atom. The number of nitriles is 1. The number of nitrogens with zero attached hydrogens (tertiary/aromatic N) is 3. The molecule has 4 N–H and O–H groups in total. The summed E-state index contributed by atoms with van der Waals surface area (Å²) in [4.78, 5) is 50.2. The maximum Gasteiger partial charge on any atom is 0.306 e. The molecule has 4 aliphatic rings. The highest BCUT2D eigenvalue weighted by atomic mass is 32.2. The molecule has 0 bridgehead atoms. The minimum atomic E-state index is -1.37. The number of benzene rings is 1. The summed E-state index contributed by atoms with van der Waals surface area (Å²) in [6.07, 6.45) is 7.21. The standard InChI is InChI=1S/C35H41N5O6S/c1-4-29(43)46-35(32(45)47-13-12-36)11-10-25-24-9-8-22-15-26-21(16-33(22,2)30(24)27(41)17-34(25,35)3)18-39-40(26)23-7-5-6-20(14-23)31(44)38-19-28(37)42/h5-7,14-15,18,24-25,27,30,41H,4,8-11,13,16-17,19H2,1-3H3,(H2,37,42)(H,38,44)/t24-,25?,27-,30?,33-,34-,35-/m0/s1. The van der Waals surface area contributed by atoms with Crippen LogP contribution in [0.25, 0.3) is 11.8 Å². The smallest absolute Gasteiger partial charge is 0.306 e. The van der Waals surface area contributed by atoms with Crippen molar-refractivity contribution in [2.24, 2.45) is 34.3 Å². The minimum Gasteiger partial charge on any atom is -0.449 e. The Morgan fingerprint density at radius 2 is 2.04 bits per heavy atom. The molecular weight excluding hydrogens is 618 g/mol. The molecular formula is C35H41N5O6S. The number of fused-ring (bicyclic) bond motifs is 6. The van der Waals surface area contributed by atoms with Crippen molar-refractivity contribution in [3.8, 4) is 11.8 Å². The Balaban J connectivity index is 1.30. The van der Waals surface area contributed by atoms with E-state index in [1.807, 2.05) is 29.9 Å². The second-order valence-electron chi connectivity index (χ2n) is 13.9. The van der Waals surface area contributed by atoms with E-state index in [1.54, 1.807) is 25.1 Å². The number of hydrogen-bond donors (Lipinski definition) is 3. The van der Waals surface area contributed by atoms with Crippen LogP contribution in [-0.2, 0) is 25.5 Å². The molecule has 2 unspecified atom stereocenters. The molecule has 2 amide bonds. The second-order valence-corrected chi connectivity index (χ2v) is 14.8. The lowest BCUT2D eigenvalue weighted by Gasteiger charge is -2.60. The van der Waals surface area contributed by atoms with Gasteiger partial charge in [0.25, 0.3) is 5.91 Å². The molecule has 2 aromatic rings. The molecule has 1 heterocycles. The van der Waals surface area contributed by atoms with E-state index in [4.69, 9.17) is 15.6 Å². The van der Waals surface area contributed by atoms with Gasteiger partial charge < -0.3 is 20.9 Å². The molecule has 47 heavy (non-hydrogen) atoms. The number of hydrogen-bond acceptors (Lipinski definition) is 9. The summed E-state index contributed by atoms with van der Waals surface area (Å²) in [6, 6.07) is 9.07. The van der Waals surface area contributed by atoms with Crippen molar-refractivity contribution in [2.75, 3.05) is 12.3 Å². The van der Waals surface area contributed by atoms with Gasteiger partial charge in [0.15, 0.2) is 5.60 Å². The van der Waals surface area contributed by atoms with Crippen molar-refractivity contribution >= 4 is 40.7 Å². The Kier molecular flexibility index (Phi) is 8.59. The Labute approximate surface area is 278 Å². The van der Waals surface area contributed by atoms with Gasteiger partial charge in [0.1, 0.15) is 0 Å². The predicted octanol–water partition coefficient (Wildman–Crippen LogP) is 3.72. The number of ether oxygens (including phenoxy) is 1. The number of allylic oxidation sites excluding steroid dienone is 1. The van der Waals surface area contributed by atoms with Gasteiger partial charge >= 0.3 is 5.97 Å². The first-order valence-electron chi connectivity index (χ1n) is 16.3. The van der Waals surface area contributed by atoms with E-state index in [9.17, 15) is 29.5 Å². The van der Waals surface area contributed by atoms with Crippen LogP contribution in [0, 0.1) is 39.9 Å². The first-order valence-corrected chi connectivity index (χ1v) is 17.3. The van der Waals surface area contributed by atoms with Gasteiger partial charge in [0.05, 0.1) is 42.0 Å². The molecule has 248 valence electrons. The molecule has 0 radical (unpaired) electrons. The van der Waals surface area contributed by atoms with E-state index < -0.39 is 34.9 Å². The molecule has 6 rings (SSSR count). The summed E-state index contributed by atoms with van der Waals surface area (Å²) in [7, 11) is 0. The molecule has 1 aromatic heterocycles. The number of aromatic nitrogens is 2. The van der Waals surface area contributed by atoms with Crippen molar-refractivity contribution in [3.63, 3.8) is 0 Å². The average molecular weight is 660 g/mol. The van der Waals surface area contributed by atoms with Crippen molar-refractivity contribution in [3.05, 3.63) is 52.9 Å². The van der Waals surface area contributed by atoms with Gasteiger partial charge in [0.2, 0.25) is 11.0 Å². The number of amides is 2. The Bertz CT molecular complexity index is 1710. The fourth-order valence-electron chi connectivity index (χ4n) is 9.45. The number of esters is 1. The molecule has 3 fully saturated rings. The fraction of sp³-hybridized carbons (Fsp3) is 0.543. The highest BCUT2D eigenvalue weighted by molar-refractivity contribution is 8.14. The lowest BCUT2D eigenvalue weighted by Crippen LogP contribution is -2.62. The van der Waals surface area contributed by atoms with Crippen LogP contribution in [0.3, 0.4) is 0 Å². The van der Waals surface area contributed by atoms with Crippen LogP contribution in [0.1, 0.15) is 80.9 Å². The van der Waals surface area contributed by atoms with E-state index >= 15 is 0 Å². The first kappa shape index (κ1) is 33.0. The second kappa shape index (κ2) is 12.3.